The van der Waals surface area contributed by atoms with Crippen molar-refractivity contribution >= 4 is 11.8 Å². The number of amides is 2. The monoisotopic (exact) mass is 361 g/mol. The van der Waals surface area contributed by atoms with E-state index in [0.29, 0.717) is 42.8 Å². The molecule has 0 fully saturated rings. The molecule has 0 spiro atoms. The van der Waals surface area contributed by atoms with Gasteiger partial charge in [-0.2, -0.15) is 0 Å². The number of aryl methyl sites for hydroxylation is 1. The summed E-state index contributed by atoms with van der Waals surface area (Å²) in [4.78, 5) is 14.3. The summed E-state index contributed by atoms with van der Waals surface area (Å²) in [5, 5.41) is 6.56. The first-order chi connectivity index (χ1) is 12.6. The number of anilines is 1. The van der Waals surface area contributed by atoms with Crippen LogP contribution in [0, 0.1) is 6.92 Å². The number of rotatable bonds is 9. The standard InChI is InChI=1S/C19H27N3O4/c1-5-9-22(19(23)20-18-11-14(3)26-21-18)13-15-7-8-16(25-10-6-2)17(12-15)24-4/h7-8,11-12H,5-6,9-10,13H2,1-4H3,(H,20,21,23). The summed E-state index contributed by atoms with van der Waals surface area (Å²) in [6, 6.07) is 7.20. The van der Waals surface area contributed by atoms with Gasteiger partial charge < -0.3 is 18.9 Å². The second-order valence-corrected chi connectivity index (χ2v) is 6.01. The van der Waals surface area contributed by atoms with Crippen LogP contribution < -0.4 is 14.8 Å². The predicted molar refractivity (Wildman–Crippen MR) is 99.7 cm³/mol. The minimum atomic E-state index is -0.217. The van der Waals surface area contributed by atoms with Crippen molar-refractivity contribution in [1.29, 1.82) is 0 Å². The molecule has 2 amide bonds. The van der Waals surface area contributed by atoms with E-state index < -0.39 is 0 Å². The van der Waals surface area contributed by atoms with Crippen molar-refractivity contribution in [3.63, 3.8) is 0 Å². The number of carbonyl (C=O) groups is 1. The van der Waals surface area contributed by atoms with Crippen LogP contribution in [0.1, 0.15) is 38.0 Å². The van der Waals surface area contributed by atoms with Gasteiger partial charge in [-0.05, 0) is 37.5 Å². The van der Waals surface area contributed by atoms with Gasteiger partial charge in [0.2, 0.25) is 0 Å². The minimum absolute atomic E-state index is 0.217. The Morgan fingerprint density at radius 2 is 2.04 bits per heavy atom. The molecule has 0 saturated carbocycles. The first kappa shape index (κ1) is 19.6. The molecule has 0 unspecified atom stereocenters. The van der Waals surface area contributed by atoms with E-state index in [2.05, 4.69) is 17.4 Å². The number of benzene rings is 1. The Labute approximate surface area is 154 Å². The Bertz CT molecular complexity index is 715. The molecule has 1 N–H and O–H groups in total. The van der Waals surface area contributed by atoms with Crippen LogP contribution >= 0.6 is 0 Å². The fourth-order valence-electron chi connectivity index (χ4n) is 2.50. The van der Waals surface area contributed by atoms with Crippen molar-refractivity contribution in [2.24, 2.45) is 0 Å². The van der Waals surface area contributed by atoms with E-state index in [-0.39, 0.29) is 6.03 Å². The van der Waals surface area contributed by atoms with Crippen LogP contribution in [0.3, 0.4) is 0 Å². The highest BCUT2D eigenvalue weighted by Gasteiger charge is 2.16. The third kappa shape index (κ3) is 5.40. The molecule has 7 heteroatoms. The van der Waals surface area contributed by atoms with Gasteiger partial charge in [0.25, 0.3) is 0 Å². The average Bonchev–Trinajstić information content (AvgIpc) is 3.04. The molecule has 26 heavy (non-hydrogen) atoms. The minimum Gasteiger partial charge on any atom is -0.493 e. The van der Waals surface area contributed by atoms with Crippen molar-refractivity contribution in [3.05, 3.63) is 35.6 Å². The summed E-state index contributed by atoms with van der Waals surface area (Å²) in [7, 11) is 1.61. The fraction of sp³-hybridized carbons (Fsp3) is 0.474. The second-order valence-electron chi connectivity index (χ2n) is 6.01. The fourth-order valence-corrected chi connectivity index (χ4v) is 2.50. The van der Waals surface area contributed by atoms with Crippen molar-refractivity contribution in [3.8, 4) is 11.5 Å². The topological polar surface area (TPSA) is 76.8 Å². The average molecular weight is 361 g/mol. The number of aromatic nitrogens is 1. The summed E-state index contributed by atoms with van der Waals surface area (Å²) >= 11 is 0. The Morgan fingerprint density at radius 3 is 2.65 bits per heavy atom. The second kappa shape index (κ2) is 9.70. The summed E-state index contributed by atoms with van der Waals surface area (Å²) in [6.45, 7) is 7.58. The molecule has 1 aromatic carbocycles. The maximum absolute atomic E-state index is 12.6. The number of nitrogens with one attached hydrogen (secondary N) is 1. The highest BCUT2D eigenvalue weighted by atomic mass is 16.5. The zero-order valence-electron chi connectivity index (χ0n) is 15.9. The summed E-state index contributed by atoms with van der Waals surface area (Å²) in [5.41, 5.74) is 0.964. The van der Waals surface area contributed by atoms with Gasteiger partial charge >= 0.3 is 6.03 Å². The molecular formula is C19H27N3O4. The number of hydrogen-bond acceptors (Lipinski definition) is 5. The number of urea groups is 1. The van der Waals surface area contributed by atoms with Gasteiger partial charge in [0.05, 0.1) is 13.7 Å². The molecule has 0 aliphatic heterocycles. The summed E-state index contributed by atoms with van der Waals surface area (Å²) in [5.74, 6) is 2.44. The third-order valence-electron chi connectivity index (χ3n) is 3.71. The lowest BCUT2D eigenvalue weighted by molar-refractivity contribution is 0.208. The van der Waals surface area contributed by atoms with E-state index in [1.807, 2.05) is 25.1 Å². The lowest BCUT2D eigenvalue weighted by Gasteiger charge is -2.22. The van der Waals surface area contributed by atoms with Gasteiger partial charge in [0.1, 0.15) is 5.76 Å². The Morgan fingerprint density at radius 1 is 1.23 bits per heavy atom. The van der Waals surface area contributed by atoms with Crippen molar-refractivity contribution in [1.82, 2.24) is 10.1 Å². The molecule has 1 aromatic heterocycles. The highest BCUT2D eigenvalue weighted by molar-refractivity contribution is 5.88. The third-order valence-corrected chi connectivity index (χ3v) is 3.71. The lowest BCUT2D eigenvalue weighted by Crippen LogP contribution is -2.35. The van der Waals surface area contributed by atoms with Crippen LogP contribution in [0.2, 0.25) is 0 Å². The molecule has 142 valence electrons. The number of methoxy groups -OCH3 is 1. The largest absolute Gasteiger partial charge is 0.493 e. The number of carbonyl (C=O) groups excluding carboxylic acids is 1. The molecular weight excluding hydrogens is 334 g/mol. The first-order valence-electron chi connectivity index (χ1n) is 8.86. The Hall–Kier alpha value is -2.70. The smallest absolute Gasteiger partial charge is 0.323 e. The molecule has 2 rings (SSSR count). The molecule has 0 saturated heterocycles. The molecule has 2 aromatic rings. The molecule has 0 aliphatic carbocycles. The number of nitrogens with zero attached hydrogens (tertiary/aromatic N) is 2. The molecule has 0 atom stereocenters. The predicted octanol–water partition coefficient (Wildman–Crippen LogP) is 4.22. The van der Waals surface area contributed by atoms with Crippen molar-refractivity contribution in [2.75, 3.05) is 25.6 Å². The van der Waals surface area contributed by atoms with Crippen LogP contribution in [-0.2, 0) is 6.54 Å². The quantitative estimate of drug-likeness (QED) is 0.723. The van der Waals surface area contributed by atoms with Gasteiger partial charge in [-0.15, -0.1) is 0 Å². The Balaban J connectivity index is 2.09. The van der Waals surface area contributed by atoms with E-state index in [1.165, 1.54) is 0 Å². The van der Waals surface area contributed by atoms with E-state index >= 15 is 0 Å². The van der Waals surface area contributed by atoms with E-state index in [0.717, 1.165) is 18.4 Å². The molecule has 1 heterocycles. The highest BCUT2D eigenvalue weighted by Crippen LogP contribution is 2.28. The van der Waals surface area contributed by atoms with Crippen LogP contribution in [0.15, 0.2) is 28.8 Å². The molecule has 0 bridgehead atoms. The van der Waals surface area contributed by atoms with Gasteiger partial charge in [0.15, 0.2) is 17.3 Å². The maximum atomic E-state index is 12.6. The van der Waals surface area contributed by atoms with Crippen molar-refractivity contribution < 1.29 is 18.8 Å². The normalized spacial score (nSPS) is 10.5. The zero-order valence-corrected chi connectivity index (χ0v) is 15.9. The summed E-state index contributed by atoms with van der Waals surface area (Å²) < 4.78 is 16.1. The van der Waals surface area contributed by atoms with Crippen LogP contribution in [0.25, 0.3) is 0 Å². The van der Waals surface area contributed by atoms with Crippen LogP contribution in [0.4, 0.5) is 10.6 Å². The molecule has 7 nitrogen and oxygen atoms in total. The van der Waals surface area contributed by atoms with Gasteiger partial charge in [-0.25, -0.2) is 4.79 Å². The molecule has 0 radical (unpaired) electrons. The summed E-state index contributed by atoms with van der Waals surface area (Å²) in [6.07, 6.45) is 1.77. The number of ether oxygens (including phenoxy) is 2. The first-order valence-corrected chi connectivity index (χ1v) is 8.86. The van der Waals surface area contributed by atoms with Gasteiger partial charge in [0, 0.05) is 19.2 Å². The van der Waals surface area contributed by atoms with Gasteiger partial charge in [-0.3, -0.25) is 5.32 Å². The van der Waals surface area contributed by atoms with Crippen molar-refractivity contribution in [2.45, 2.75) is 40.2 Å². The zero-order chi connectivity index (χ0) is 18.9. The molecule has 0 aliphatic rings. The SMILES string of the molecule is CCCOc1ccc(CN(CCC)C(=O)Nc2cc(C)on2)cc1OC. The van der Waals surface area contributed by atoms with Crippen LogP contribution in [-0.4, -0.2) is 36.3 Å². The lowest BCUT2D eigenvalue weighted by atomic mass is 10.2. The van der Waals surface area contributed by atoms with E-state index in [9.17, 15) is 4.79 Å². The van der Waals surface area contributed by atoms with E-state index in [4.69, 9.17) is 14.0 Å². The Kier molecular flexibility index (Phi) is 7.32. The maximum Gasteiger partial charge on any atom is 0.323 e. The number of hydrogen-bond donors (Lipinski definition) is 1. The van der Waals surface area contributed by atoms with Crippen LogP contribution in [0.5, 0.6) is 11.5 Å². The van der Waals surface area contributed by atoms with Gasteiger partial charge in [-0.1, -0.05) is 25.1 Å². The van der Waals surface area contributed by atoms with E-state index in [1.54, 1.807) is 25.0 Å².